The fourth-order valence-corrected chi connectivity index (χ4v) is 2.53. The van der Waals surface area contributed by atoms with Gasteiger partial charge in [0.05, 0.1) is 11.4 Å². The van der Waals surface area contributed by atoms with Crippen molar-refractivity contribution < 1.29 is 0 Å². The van der Waals surface area contributed by atoms with Crippen LogP contribution < -0.4 is 0 Å². The van der Waals surface area contributed by atoms with Gasteiger partial charge in [-0.1, -0.05) is 67.9 Å². The zero-order chi connectivity index (χ0) is 16.9. The molecule has 0 bridgehead atoms. The molecule has 0 radical (unpaired) electrons. The van der Waals surface area contributed by atoms with Crippen molar-refractivity contribution in [2.75, 3.05) is 0 Å². The molecule has 0 atom stereocenters. The number of hydrogen-bond donors (Lipinski definition) is 0. The van der Waals surface area contributed by atoms with Crippen LogP contribution in [0.2, 0.25) is 0 Å². The first kappa shape index (κ1) is 16.1. The van der Waals surface area contributed by atoms with Gasteiger partial charge in [0.15, 0.2) is 0 Å². The minimum atomic E-state index is 0.433. The fraction of sp³-hybridized carbons (Fsp3) is 0.182. The Bertz CT molecular complexity index is 887. The summed E-state index contributed by atoms with van der Waals surface area (Å²) in [5, 5.41) is 2.26. The summed E-state index contributed by atoms with van der Waals surface area (Å²) < 4.78 is 0. The van der Waals surface area contributed by atoms with Crippen molar-refractivity contribution in [2.24, 2.45) is 15.9 Å². The third-order valence-corrected chi connectivity index (χ3v) is 3.82. The summed E-state index contributed by atoms with van der Waals surface area (Å²) in [5.41, 5.74) is 4.32. The Labute approximate surface area is 143 Å². The standard InChI is InChI=1S/C22H22N2/c1-16(2)14-23-21-8-4-7-20-19(21)6-5-9-22(20)24-15-18-12-10-17(3)11-13-18/h4-16H,1-3H3. The molecule has 0 aliphatic heterocycles. The van der Waals surface area contributed by atoms with Crippen LogP contribution in [0.3, 0.4) is 0 Å². The molecule has 0 aliphatic carbocycles. The average molecular weight is 314 g/mol. The number of fused-ring (bicyclic) bond motifs is 1. The first-order valence-electron chi connectivity index (χ1n) is 8.30. The molecule has 3 rings (SSSR count). The van der Waals surface area contributed by atoms with Crippen LogP contribution in [0.4, 0.5) is 11.4 Å². The second kappa shape index (κ2) is 7.22. The van der Waals surface area contributed by atoms with E-state index in [-0.39, 0.29) is 0 Å². The van der Waals surface area contributed by atoms with E-state index in [9.17, 15) is 0 Å². The second-order valence-electron chi connectivity index (χ2n) is 6.34. The maximum atomic E-state index is 4.69. The molecule has 120 valence electrons. The summed E-state index contributed by atoms with van der Waals surface area (Å²) >= 11 is 0. The lowest BCUT2D eigenvalue weighted by Crippen LogP contribution is -1.86. The molecule has 0 aromatic heterocycles. The Morgan fingerprint density at radius 1 is 0.750 bits per heavy atom. The van der Waals surface area contributed by atoms with Gasteiger partial charge in [0.2, 0.25) is 0 Å². The van der Waals surface area contributed by atoms with Gasteiger partial charge >= 0.3 is 0 Å². The average Bonchev–Trinajstić information content (AvgIpc) is 2.59. The van der Waals surface area contributed by atoms with Gasteiger partial charge in [0.25, 0.3) is 0 Å². The van der Waals surface area contributed by atoms with Gasteiger partial charge < -0.3 is 0 Å². The highest BCUT2D eigenvalue weighted by molar-refractivity contribution is 6.01. The Hall–Kier alpha value is -2.74. The summed E-state index contributed by atoms with van der Waals surface area (Å²) in [6.07, 6.45) is 3.90. The van der Waals surface area contributed by atoms with Gasteiger partial charge in [0, 0.05) is 23.2 Å². The summed E-state index contributed by atoms with van der Waals surface area (Å²) in [5.74, 6) is 0.433. The van der Waals surface area contributed by atoms with E-state index in [0.717, 1.165) is 27.7 Å². The number of rotatable bonds is 4. The van der Waals surface area contributed by atoms with Gasteiger partial charge in [-0.3, -0.25) is 9.98 Å². The highest BCUT2D eigenvalue weighted by Crippen LogP contribution is 2.32. The number of aliphatic imine (C=N–C) groups is 2. The molecule has 0 N–H and O–H groups in total. The first-order valence-corrected chi connectivity index (χ1v) is 8.30. The molecule has 0 fully saturated rings. The number of aryl methyl sites for hydroxylation is 1. The minimum Gasteiger partial charge on any atom is -0.260 e. The third kappa shape index (κ3) is 3.77. The van der Waals surface area contributed by atoms with E-state index in [4.69, 9.17) is 4.99 Å². The van der Waals surface area contributed by atoms with Crippen LogP contribution in [-0.2, 0) is 0 Å². The van der Waals surface area contributed by atoms with Crippen LogP contribution >= 0.6 is 0 Å². The molecule has 0 amide bonds. The van der Waals surface area contributed by atoms with Crippen molar-refractivity contribution in [3.63, 3.8) is 0 Å². The molecule has 0 spiro atoms. The molecule has 0 unspecified atom stereocenters. The summed E-state index contributed by atoms with van der Waals surface area (Å²) in [4.78, 5) is 9.32. The van der Waals surface area contributed by atoms with Crippen LogP contribution in [0.5, 0.6) is 0 Å². The van der Waals surface area contributed by atoms with E-state index in [0.29, 0.717) is 5.92 Å². The molecule has 2 heteroatoms. The second-order valence-corrected chi connectivity index (χ2v) is 6.34. The molecule has 3 aromatic carbocycles. The van der Waals surface area contributed by atoms with Crippen molar-refractivity contribution in [1.29, 1.82) is 0 Å². The summed E-state index contributed by atoms with van der Waals surface area (Å²) in [7, 11) is 0. The molecule has 3 aromatic rings. The van der Waals surface area contributed by atoms with Crippen LogP contribution in [0.25, 0.3) is 10.8 Å². The lowest BCUT2D eigenvalue weighted by molar-refractivity contribution is 0.908. The van der Waals surface area contributed by atoms with Crippen molar-refractivity contribution in [1.82, 2.24) is 0 Å². The maximum absolute atomic E-state index is 4.69. The van der Waals surface area contributed by atoms with Crippen molar-refractivity contribution in [3.8, 4) is 0 Å². The Balaban J connectivity index is 2.00. The quantitative estimate of drug-likeness (QED) is 0.508. The van der Waals surface area contributed by atoms with E-state index in [1.807, 2.05) is 30.6 Å². The van der Waals surface area contributed by atoms with Gasteiger partial charge in [0.1, 0.15) is 0 Å². The predicted octanol–water partition coefficient (Wildman–Crippen LogP) is 6.26. The van der Waals surface area contributed by atoms with E-state index >= 15 is 0 Å². The monoisotopic (exact) mass is 314 g/mol. The van der Waals surface area contributed by atoms with E-state index in [1.54, 1.807) is 0 Å². The molecule has 0 saturated heterocycles. The van der Waals surface area contributed by atoms with E-state index in [2.05, 4.69) is 68.2 Å². The normalized spacial score (nSPS) is 12.0. The summed E-state index contributed by atoms with van der Waals surface area (Å²) in [6.45, 7) is 6.35. The van der Waals surface area contributed by atoms with Crippen LogP contribution in [0.1, 0.15) is 25.0 Å². The Morgan fingerprint density at radius 2 is 1.33 bits per heavy atom. The molecule has 0 heterocycles. The summed E-state index contributed by atoms with van der Waals surface area (Å²) in [6, 6.07) is 20.8. The maximum Gasteiger partial charge on any atom is 0.0709 e. The van der Waals surface area contributed by atoms with Crippen molar-refractivity contribution in [2.45, 2.75) is 20.8 Å². The smallest absolute Gasteiger partial charge is 0.0709 e. The van der Waals surface area contributed by atoms with Crippen LogP contribution in [0, 0.1) is 12.8 Å². The first-order chi connectivity index (χ1) is 11.6. The van der Waals surface area contributed by atoms with Crippen molar-refractivity contribution >= 4 is 34.6 Å². The van der Waals surface area contributed by atoms with Gasteiger partial charge in [-0.15, -0.1) is 0 Å². The Morgan fingerprint density at radius 3 is 1.92 bits per heavy atom. The molecular formula is C22H22N2. The number of benzene rings is 3. The van der Waals surface area contributed by atoms with Crippen molar-refractivity contribution in [3.05, 3.63) is 71.8 Å². The van der Waals surface area contributed by atoms with Gasteiger partial charge in [-0.25, -0.2) is 0 Å². The minimum absolute atomic E-state index is 0.433. The van der Waals surface area contributed by atoms with Gasteiger partial charge in [-0.05, 0) is 30.5 Å². The SMILES string of the molecule is Cc1ccc(C=Nc2cccc3c(N=CC(C)C)cccc23)cc1. The highest BCUT2D eigenvalue weighted by atomic mass is 14.7. The lowest BCUT2D eigenvalue weighted by Gasteiger charge is -2.05. The zero-order valence-electron chi connectivity index (χ0n) is 14.4. The zero-order valence-corrected chi connectivity index (χ0v) is 14.4. The molecule has 0 aliphatic rings. The number of hydrogen-bond acceptors (Lipinski definition) is 2. The fourth-order valence-electron chi connectivity index (χ4n) is 2.53. The van der Waals surface area contributed by atoms with E-state index < -0.39 is 0 Å². The molecule has 0 saturated carbocycles. The topological polar surface area (TPSA) is 24.7 Å². The lowest BCUT2D eigenvalue weighted by atomic mass is 10.1. The predicted molar refractivity (Wildman–Crippen MR) is 105 cm³/mol. The Kier molecular flexibility index (Phi) is 4.85. The largest absolute Gasteiger partial charge is 0.260 e. The molecular weight excluding hydrogens is 292 g/mol. The van der Waals surface area contributed by atoms with Gasteiger partial charge in [-0.2, -0.15) is 0 Å². The van der Waals surface area contributed by atoms with E-state index in [1.165, 1.54) is 5.56 Å². The number of nitrogens with zero attached hydrogens (tertiary/aromatic N) is 2. The third-order valence-electron chi connectivity index (χ3n) is 3.82. The van der Waals surface area contributed by atoms with Crippen LogP contribution in [-0.4, -0.2) is 12.4 Å². The van der Waals surface area contributed by atoms with Crippen LogP contribution in [0.15, 0.2) is 70.6 Å². The molecule has 2 nitrogen and oxygen atoms in total. The molecule has 24 heavy (non-hydrogen) atoms. The highest BCUT2D eigenvalue weighted by Gasteiger charge is 2.03.